The second-order valence-electron chi connectivity index (χ2n) is 16.1. The number of fused-ring (bicyclic) bond motifs is 4. The van der Waals surface area contributed by atoms with Crippen LogP contribution in [-0.2, 0) is 33.5 Å². The molecule has 2 saturated carbocycles. The van der Waals surface area contributed by atoms with Gasteiger partial charge in [-0.25, -0.2) is 4.21 Å². The zero-order valence-electron chi connectivity index (χ0n) is 30.8. The van der Waals surface area contributed by atoms with Crippen molar-refractivity contribution in [3.63, 3.8) is 0 Å². The van der Waals surface area contributed by atoms with E-state index in [-0.39, 0.29) is 29.1 Å². The van der Waals surface area contributed by atoms with Crippen molar-refractivity contribution < 1.29 is 23.3 Å². The molecular formula is C41H51N5O5S. The lowest BCUT2D eigenvalue weighted by atomic mass is 9.68. The number of aromatic nitrogens is 2. The summed E-state index contributed by atoms with van der Waals surface area (Å²) in [6, 6.07) is 12.3. The number of methoxy groups -OCH3 is 1. The molecule has 2 bridgehead atoms. The van der Waals surface area contributed by atoms with Crippen molar-refractivity contribution in [3.05, 3.63) is 88.3 Å². The van der Waals surface area contributed by atoms with E-state index in [1.165, 1.54) is 16.7 Å². The van der Waals surface area contributed by atoms with Gasteiger partial charge in [0.1, 0.15) is 15.7 Å². The molecule has 5 aliphatic rings. The molecule has 2 fully saturated rings. The smallest absolute Gasteiger partial charge is 0.286 e. The predicted molar refractivity (Wildman–Crippen MR) is 202 cm³/mol. The summed E-state index contributed by atoms with van der Waals surface area (Å²) in [6.07, 6.45) is 13.8. The van der Waals surface area contributed by atoms with Crippen LogP contribution in [0.1, 0.15) is 101 Å². The summed E-state index contributed by atoms with van der Waals surface area (Å²) in [6.45, 7) is 6.26. The molecule has 11 heteroatoms. The number of hydrogen-bond donors (Lipinski definition) is 1. The van der Waals surface area contributed by atoms with Gasteiger partial charge in [-0.1, -0.05) is 42.8 Å². The van der Waals surface area contributed by atoms with Crippen molar-refractivity contribution in [1.29, 1.82) is 0 Å². The Hall–Kier alpha value is -3.96. The molecule has 10 nitrogen and oxygen atoms in total. The van der Waals surface area contributed by atoms with Crippen LogP contribution in [0.2, 0.25) is 0 Å². The number of ether oxygens (including phenoxy) is 2. The molecule has 1 unspecified atom stereocenters. The molecule has 6 atom stereocenters. The second kappa shape index (κ2) is 13.8. The normalized spacial score (nSPS) is 30.9. The molecule has 52 heavy (non-hydrogen) atoms. The van der Waals surface area contributed by atoms with Crippen molar-refractivity contribution in [2.75, 3.05) is 37.5 Å². The maximum Gasteiger partial charge on any atom is 0.286 e. The minimum Gasteiger partial charge on any atom is -0.490 e. The lowest BCUT2D eigenvalue weighted by molar-refractivity contribution is 0.0131. The number of nitrogens with one attached hydrogen (secondary N) is 1. The second-order valence-corrected chi connectivity index (χ2v) is 18.1. The molecule has 0 radical (unpaired) electrons. The number of amides is 2. The average molecular weight is 726 g/mol. The number of allylic oxidation sites excluding steroid dienone is 1. The van der Waals surface area contributed by atoms with Crippen LogP contribution in [0.15, 0.2) is 59.1 Å². The minimum atomic E-state index is -3.52. The van der Waals surface area contributed by atoms with E-state index in [0.717, 1.165) is 69.5 Å². The monoisotopic (exact) mass is 725 g/mol. The number of carbonyl (C=O) groups excluding carboxylic acids is 2. The first-order chi connectivity index (χ1) is 25.0. The van der Waals surface area contributed by atoms with E-state index >= 15 is 0 Å². The number of anilines is 1. The Morgan fingerprint density at radius 1 is 1.13 bits per heavy atom. The van der Waals surface area contributed by atoms with Crippen molar-refractivity contribution in [1.82, 2.24) is 14.5 Å². The summed E-state index contributed by atoms with van der Waals surface area (Å²) in [5.41, 5.74) is 6.11. The molecule has 1 spiro atoms. The lowest BCUT2D eigenvalue weighted by Crippen LogP contribution is -2.49. The quantitative estimate of drug-likeness (QED) is 0.299. The molecule has 276 valence electrons. The highest BCUT2D eigenvalue weighted by Crippen LogP contribution is 2.47. The molecule has 8 rings (SSSR count). The molecule has 3 aliphatic carbocycles. The van der Waals surface area contributed by atoms with Crippen LogP contribution in [-0.4, -0.2) is 64.5 Å². The summed E-state index contributed by atoms with van der Waals surface area (Å²) in [4.78, 5) is 30.3. The highest BCUT2D eigenvalue weighted by molar-refractivity contribution is 7.92. The molecule has 3 aromatic rings. The van der Waals surface area contributed by atoms with E-state index in [2.05, 4.69) is 56.4 Å². The summed E-state index contributed by atoms with van der Waals surface area (Å²) in [5, 5.41) is 4.52. The van der Waals surface area contributed by atoms with Crippen molar-refractivity contribution in [2.45, 2.75) is 82.7 Å². The standard InChI is InChI=1S/C41H51N5O5S/c1-26-10-16-34-29(19-26)8-6-18-41(34)24-46-21-31-13-15-32(31)36(50-4)9-5-7-27(2)23-52(49,43-39(47)30-14-17-37(51-25-41)35(46)20-30)44-40(48)33-22-45(3)42-38(33)28-11-12-28/h5,9-10,14,16-17,19-20,22,27-28,31-32,36H,6-8,11-13,15,18,21,23-25H2,1-4H3,(H,43,44,47,48,49)/b9-5+/t27-,31-,32+,36-,41-,52?/m0/s1. The molecule has 2 aliphatic heterocycles. The van der Waals surface area contributed by atoms with E-state index < -0.39 is 21.7 Å². The van der Waals surface area contributed by atoms with E-state index in [1.807, 2.05) is 19.1 Å². The topological polar surface area (TPSA) is 115 Å². The summed E-state index contributed by atoms with van der Waals surface area (Å²) < 4.78 is 36.2. The SMILES string of the molecule is CO[C@H]1/C=C/C[C@H](C)CS(=O)(NC(=O)c2cn(C)nc2C2CC2)=NC(=O)c2ccc3c(c2)N(C[C@@H]2CC[C@H]21)C[C@@]1(CCCc2cc(C)ccc21)CO3. The lowest BCUT2D eigenvalue weighted by Gasteiger charge is -2.46. The van der Waals surface area contributed by atoms with Crippen molar-refractivity contribution in [2.24, 2.45) is 29.2 Å². The molecule has 3 heterocycles. The van der Waals surface area contributed by atoms with Gasteiger partial charge in [-0.3, -0.25) is 19.0 Å². The number of benzene rings is 2. The molecule has 0 saturated heterocycles. The van der Waals surface area contributed by atoms with Gasteiger partial charge in [-0.2, -0.15) is 5.10 Å². The van der Waals surface area contributed by atoms with Gasteiger partial charge >= 0.3 is 0 Å². The van der Waals surface area contributed by atoms with Crippen LogP contribution in [0, 0.1) is 24.7 Å². The van der Waals surface area contributed by atoms with Gasteiger partial charge in [0.15, 0.2) is 0 Å². The Morgan fingerprint density at radius 2 is 1.98 bits per heavy atom. The Bertz CT molecular complexity index is 2040. The number of hydrogen-bond acceptors (Lipinski definition) is 7. The van der Waals surface area contributed by atoms with Crippen LogP contribution >= 0.6 is 0 Å². The third kappa shape index (κ3) is 6.82. The number of carbonyl (C=O) groups is 2. The fraction of sp³-hybridized carbons (Fsp3) is 0.537. The van der Waals surface area contributed by atoms with Gasteiger partial charge < -0.3 is 14.4 Å². The third-order valence-corrected chi connectivity index (χ3v) is 14.0. The molecule has 1 N–H and O–H groups in total. The zero-order chi connectivity index (χ0) is 36.2. The first kappa shape index (κ1) is 35.1. The predicted octanol–water partition coefficient (Wildman–Crippen LogP) is 6.67. The largest absolute Gasteiger partial charge is 0.490 e. The van der Waals surface area contributed by atoms with Gasteiger partial charge in [0.25, 0.3) is 11.8 Å². The van der Waals surface area contributed by atoms with Crippen LogP contribution in [0.25, 0.3) is 0 Å². The van der Waals surface area contributed by atoms with Crippen molar-refractivity contribution in [3.8, 4) is 5.75 Å². The summed E-state index contributed by atoms with van der Waals surface area (Å²) in [7, 11) is 0.0331. The van der Waals surface area contributed by atoms with Crippen molar-refractivity contribution >= 4 is 27.4 Å². The van der Waals surface area contributed by atoms with Gasteiger partial charge in [-0.15, -0.1) is 4.36 Å². The Labute approximate surface area is 307 Å². The molecule has 2 amide bonds. The summed E-state index contributed by atoms with van der Waals surface area (Å²) in [5.74, 6) is 0.493. The number of nitrogens with zero attached hydrogens (tertiary/aromatic N) is 4. The van der Waals surface area contributed by atoms with E-state index in [4.69, 9.17) is 9.47 Å². The fourth-order valence-corrected chi connectivity index (χ4v) is 11.0. The van der Waals surface area contributed by atoms with E-state index in [1.54, 1.807) is 31.1 Å². The Kier molecular flexibility index (Phi) is 9.30. The highest BCUT2D eigenvalue weighted by atomic mass is 32.2. The Balaban J connectivity index is 1.19. The average Bonchev–Trinajstić information content (AvgIpc) is 3.89. The maximum absolute atomic E-state index is 14.7. The van der Waals surface area contributed by atoms with Gasteiger partial charge in [0.05, 0.1) is 35.4 Å². The van der Waals surface area contributed by atoms with Crippen LogP contribution < -0.4 is 14.4 Å². The first-order valence-electron chi connectivity index (χ1n) is 19.0. The van der Waals surface area contributed by atoms with E-state index in [9.17, 15) is 13.8 Å². The molecule has 2 aromatic carbocycles. The van der Waals surface area contributed by atoms with Gasteiger partial charge in [-0.05, 0) is 105 Å². The summed E-state index contributed by atoms with van der Waals surface area (Å²) >= 11 is 0. The van der Waals surface area contributed by atoms with E-state index in [0.29, 0.717) is 41.7 Å². The third-order valence-electron chi connectivity index (χ3n) is 12.0. The van der Waals surface area contributed by atoms with Gasteiger partial charge in [0.2, 0.25) is 0 Å². The van der Waals surface area contributed by atoms with Gasteiger partial charge in [0, 0.05) is 50.3 Å². The minimum absolute atomic E-state index is 0.0269. The zero-order valence-corrected chi connectivity index (χ0v) is 31.6. The fourth-order valence-electron chi connectivity index (χ4n) is 9.07. The number of rotatable bonds is 4. The molecular weight excluding hydrogens is 675 g/mol. The maximum atomic E-state index is 14.7. The number of aryl methyl sites for hydroxylation is 3. The van der Waals surface area contributed by atoms with Crippen LogP contribution in [0.3, 0.4) is 0 Å². The van der Waals surface area contributed by atoms with Crippen LogP contribution in [0.4, 0.5) is 5.69 Å². The molecule has 1 aromatic heterocycles. The Morgan fingerprint density at radius 3 is 2.75 bits per heavy atom. The highest BCUT2D eigenvalue weighted by Gasteiger charge is 2.44. The van der Waals surface area contributed by atoms with Crippen LogP contribution in [0.5, 0.6) is 5.75 Å². The first-order valence-corrected chi connectivity index (χ1v) is 20.7.